The number of aliphatic hydroxyl groups excluding tert-OH is 3. The summed E-state index contributed by atoms with van der Waals surface area (Å²) in [5.74, 6) is -8.03. The van der Waals surface area contributed by atoms with E-state index in [1.165, 1.54) is 25.1 Å². The highest BCUT2D eigenvalue weighted by molar-refractivity contribution is 6.24. The molecule has 1 aromatic rings. The largest absolute Gasteiger partial charge is 0.508 e. The molecule has 14 nitrogen and oxygen atoms in total. The Morgan fingerprint density at radius 2 is 1.80 bits per heavy atom. The summed E-state index contributed by atoms with van der Waals surface area (Å²) in [6.45, 7) is -0.178. The number of aromatic hydroxyl groups is 1. The fourth-order valence-corrected chi connectivity index (χ4v) is 6.26. The molecule has 4 atom stereocenters. The van der Waals surface area contributed by atoms with E-state index in [1.807, 2.05) is 0 Å². The highest BCUT2D eigenvalue weighted by atomic mass is 16.3. The van der Waals surface area contributed by atoms with Crippen molar-refractivity contribution < 1.29 is 44.7 Å². The Morgan fingerprint density at radius 1 is 1.15 bits per heavy atom. The first-order valence-electron chi connectivity index (χ1n) is 13.0. The van der Waals surface area contributed by atoms with Crippen LogP contribution in [0.1, 0.15) is 17.5 Å². The highest BCUT2D eigenvalue weighted by Crippen LogP contribution is 2.54. The lowest BCUT2D eigenvalue weighted by Crippen LogP contribution is -2.65. The number of nitrogens with two attached hydrogens (primary N) is 1. The molecule has 1 fully saturated rings. The zero-order chi connectivity index (χ0) is 30.5. The Labute approximate surface area is 235 Å². The summed E-state index contributed by atoms with van der Waals surface area (Å²) in [7, 11) is 6.51. The second-order valence-electron chi connectivity index (χ2n) is 10.9. The molecule has 0 radical (unpaired) electrons. The number of ketones is 2. The number of amides is 2. The van der Waals surface area contributed by atoms with Crippen LogP contribution in [-0.2, 0) is 25.6 Å². The van der Waals surface area contributed by atoms with Crippen LogP contribution in [0.4, 0.5) is 11.4 Å². The number of carbonyl (C=O) groups excluding carboxylic acids is 4. The number of benzene rings is 1. The average Bonchev–Trinajstić information content (AvgIpc) is 2.87. The lowest BCUT2D eigenvalue weighted by molar-refractivity contribution is -0.153. The van der Waals surface area contributed by atoms with E-state index < -0.39 is 69.7 Å². The predicted octanol–water partition coefficient (Wildman–Crippen LogP) is -1.45. The molecule has 222 valence electrons. The summed E-state index contributed by atoms with van der Waals surface area (Å²) in [5.41, 5.74) is 2.24. The summed E-state index contributed by atoms with van der Waals surface area (Å²) in [6, 6.07) is 0.351. The molecule has 0 saturated heterocycles. The average molecular weight is 574 g/mol. The summed E-state index contributed by atoms with van der Waals surface area (Å²) in [4.78, 5) is 54.9. The second-order valence-corrected chi connectivity index (χ2v) is 10.9. The van der Waals surface area contributed by atoms with Crippen LogP contribution in [0.15, 0.2) is 23.0 Å². The maximum atomic E-state index is 14.0. The van der Waals surface area contributed by atoms with E-state index in [-0.39, 0.29) is 49.4 Å². The molecule has 0 heterocycles. The molecule has 0 aliphatic heterocycles. The minimum Gasteiger partial charge on any atom is -0.508 e. The number of Topliss-reactive ketones (excluding diaryl/α,β-unsaturated/α-hetero) is 2. The number of phenolic OH excluding ortho intramolecular Hbond substituents is 1. The van der Waals surface area contributed by atoms with E-state index in [0.29, 0.717) is 11.3 Å². The molecule has 4 rings (SSSR count). The molecule has 3 unspecified atom stereocenters. The number of phenols is 1. The minimum absolute atomic E-state index is 0.0333. The van der Waals surface area contributed by atoms with Gasteiger partial charge in [0, 0.05) is 37.8 Å². The lowest BCUT2D eigenvalue weighted by Gasteiger charge is -2.50. The first kappa shape index (κ1) is 30.0. The molecule has 0 bridgehead atoms. The van der Waals surface area contributed by atoms with Crippen molar-refractivity contribution in [2.75, 3.05) is 58.1 Å². The molecular formula is C27H35N5O9. The van der Waals surface area contributed by atoms with Crippen LogP contribution in [0.25, 0.3) is 5.76 Å². The summed E-state index contributed by atoms with van der Waals surface area (Å²) in [5, 5.41) is 59.5. The minimum atomic E-state index is -2.74. The van der Waals surface area contributed by atoms with Gasteiger partial charge in [-0.1, -0.05) is 0 Å². The van der Waals surface area contributed by atoms with Crippen molar-refractivity contribution in [2.45, 2.75) is 24.5 Å². The standard InChI is InChI=1S/C27H35N5O9/c1-31(2)15-9-14(30-16(34)10-29-5-6-33)21(35)18-12(15)7-11-8-13-20(32(3)4)23(37)19(26(28)40)25(39)27(13,41)24(38)17(11)22(18)36/h9,11,13,20,29,33,35-36,39,41H,5-8,10H2,1-4H3,(H2,28,40)(H,30,34)/t11?,13?,20-,27?/m0/s1. The normalized spacial score (nSPS) is 25.6. The van der Waals surface area contributed by atoms with Gasteiger partial charge < -0.3 is 46.8 Å². The summed E-state index contributed by atoms with van der Waals surface area (Å²) < 4.78 is 0. The van der Waals surface area contributed by atoms with E-state index in [2.05, 4.69) is 10.6 Å². The molecule has 1 saturated carbocycles. The molecular weight excluding hydrogens is 538 g/mol. The van der Waals surface area contributed by atoms with Gasteiger partial charge in [-0.2, -0.15) is 0 Å². The number of hydrogen-bond acceptors (Lipinski definition) is 12. The fourth-order valence-electron chi connectivity index (χ4n) is 6.26. The number of carbonyl (C=O) groups is 4. The zero-order valence-electron chi connectivity index (χ0n) is 23.2. The highest BCUT2D eigenvalue weighted by Gasteiger charge is 2.64. The quantitative estimate of drug-likeness (QED) is 0.102. The number of likely N-dealkylation sites (N-methyl/N-ethyl adjacent to an activating group) is 1. The van der Waals surface area contributed by atoms with E-state index >= 15 is 0 Å². The van der Waals surface area contributed by atoms with Gasteiger partial charge in [-0.3, -0.25) is 24.1 Å². The van der Waals surface area contributed by atoms with Gasteiger partial charge in [0.25, 0.3) is 5.91 Å². The third kappa shape index (κ3) is 4.62. The van der Waals surface area contributed by atoms with E-state index in [1.54, 1.807) is 19.0 Å². The fraction of sp³-hybridized carbons (Fsp3) is 0.481. The van der Waals surface area contributed by atoms with Crippen molar-refractivity contribution >= 4 is 40.5 Å². The number of aliphatic hydroxyl groups is 4. The monoisotopic (exact) mass is 573 g/mol. The summed E-state index contributed by atoms with van der Waals surface area (Å²) >= 11 is 0. The third-order valence-corrected chi connectivity index (χ3v) is 8.03. The van der Waals surface area contributed by atoms with E-state index in [9.17, 15) is 39.6 Å². The van der Waals surface area contributed by atoms with Gasteiger partial charge in [0.1, 0.15) is 22.8 Å². The van der Waals surface area contributed by atoms with Gasteiger partial charge in [0.05, 0.1) is 30.4 Å². The van der Waals surface area contributed by atoms with Crippen LogP contribution in [-0.4, -0.2) is 113 Å². The number of nitrogens with zero attached hydrogens (tertiary/aromatic N) is 2. The van der Waals surface area contributed by atoms with Gasteiger partial charge in [0.2, 0.25) is 11.7 Å². The molecule has 14 heteroatoms. The van der Waals surface area contributed by atoms with Gasteiger partial charge >= 0.3 is 0 Å². The summed E-state index contributed by atoms with van der Waals surface area (Å²) in [6.07, 6.45) is 0.0797. The first-order chi connectivity index (χ1) is 19.2. The van der Waals surface area contributed by atoms with Crippen molar-refractivity contribution in [3.8, 4) is 5.75 Å². The van der Waals surface area contributed by atoms with Gasteiger partial charge in [-0.05, 0) is 44.5 Å². The van der Waals surface area contributed by atoms with Crippen molar-refractivity contribution in [1.29, 1.82) is 0 Å². The molecule has 0 spiro atoms. The van der Waals surface area contributed by atoms with Crippen LogP contribution in [0.5, 0.6) is 5.75 Å². The molecule has 9 N–H and O–H groups in total. The number of anilines is 2. The maximum Gasteiger partial charge on any atom is 0.255 e. The lowest BCUT2D eigenvalue weighted by atomic mass is 9.57. The van der Waals surface area contributed by atoms with Crippen molar-refractivity contribution in [3.63, 3.8) is 0 Å². The number of nitrogens with one attached hydrogen (secondary N) is 2. The first-order valence-corrected chi connectivity index (χ1v) is 13.0. The SMILES string of the molecule is CN(C)c1cc(NC(=O)CNCCO)c(O)c2c1CC1CC3[C@H](N(C)C)C(=O)C(C(N)=O)=C(O)C3(O)C(=O)C1=C2O. The Balaban J connectivity index is 1.90. The van der Waals surface area contributed by atoms with Crippen LogP contribution in [0.2, 0.25) is 0 Å². The predicted molar refractivity (Wildman–Crippen MR) is 147 cm³/mol. The molecule has 41 heavy (non-hydrogen) atoms. The Bertz CT molecular complexity index is 1400. The number of rotatable bonds is 8. The number of fused-ring (bicyclic) bond motifs is 3. The van der Waals surface area contributed by atoms with E-state index in [0.717, 1.165) is 0 Å². The topological polar surface area (TPSA) is 226 Å². The molecule has 3 aliphatic carbocycles. The molecule has 1 aromatic carbocycles. The molecule has 0 aromatic heterocycles. The maximum absolute atomic E-state index is 14.0. The molecule has 2 amide bonds. The molecule has 3 aliphatic rings. The smallest absolute Gasteiger partial charge is 0.255 e. The van der Waals surface area contributed by atoms with E-state index in [4.69, 9.17) is 10.8 Å². The van der Waals surface area contributed by atoms with Crippen LogP contribution in [0.3, 0.4) is 0 Å². The zero-order valence-corrected chi connectivity index (χ0v) is 23.2. The second kappa shape index (κ2) is 10.8. The van der Waals surface area contributed by atoms with Gasteiger partial charge in [-0.15, -0.1) is 0 Å². The van der Waals surface area contributed by atoms with Crippen molar-refractivity contribution in [1.82, 2.24) is 10.2 Å². The Hall–Kier alpha value is -3.98. The van der Waals surface area contributed by atoms with Gasteiger partial charge in [0.15, 0.2) is 11.4 Å². The van der Waals surface area contributed by atoms with Gasteiger partial charge in [-0.25, -0.2) is 0 Å². The van der Waals surface area contributed by atoms with Crippen molar-refractivity contribution in [3.05, 3.63) is 34.1 Å². The number of primary amides is 1. The third-order valence-electron chi connectivity index (χ3n) is 8.03. The van der Waals surface area contributed by atoms with Crippen LogP contribution in [0, 0.1) is 11.8 Å². The Morgan fingerprint density at radius 3 is 2.37 bits per heavy atom. The Kier molecular flexibility index (Phi) is 7.88. The van der Waals surface area contributed by atoms with Crippen LogP contribution < -0.4 is 21.3 Å². The van der Waals surface area contributed by atoms with Crippen LogP contribution >= 0.6 is 0 Å². The van der Waals surface area contributed by atoms with Crippen molar-refractivity contribution in [2.24, 2.45) is 17.6 Å². The number of hydrogen-bond donors (Lipinski definition) is 8.